The van der Waals surface area contributed by atoms with Crippen molar-refractivity contribution in [2.75, 3.05) is 5.75 Å². The predicted octanol–water partition coefficient (Wildman–Crippen LogP) is 2.72. The van der Waals surface area contributed by atoms with Gasteiger partial charge in [0.1, 0.15) is 11.5 Å². The van der Waals surface area contributed by atoms with E-state index < -0.39 is 0 Å². The van der Waals surface area contributed by atoms with Crippen LogP contribution < -0.4 is 5.69 Å². The summed E-state index contributed by atoms with van der Waals surface area (Å²) in [5.41, 5.74) is 0.477. The minimum Gasteiger partial charge on any atom is -0.463 e. The van der Waals surface area contributed by atoms with Gasteiger partial charge in [-0.05, 0) is 30.5 Å². The summed E-state index contributed by atoms with van der Waals surface area (Å²) in [4.78, 5) is 25.6. The number of hydrazone groups is 1. The molecule has 0 radical (unpaired) electrons. The summed E-state index contributed by atoms with van der Waals surface area (Å²) in [6.45, 7) is 2.35. The molecule has 4 rings (SSSR count). The molecule has 0 saturated carbocycles. The number of rotatable bonds is 6. The van der Waals surface area contributed by atoms with Crippen molar-refractivity contribution in [1.82, 2.24) is 19.8 Å². The quantitative estimate of drug-likeness (QED) is 0.639. The molecule has 3 aromatic rings. The number of nitrogens with zero attached hydrogens (tertiary/aromatic N) is 4. The summed E-state index contributed by atoms with van der Waals surface area (Å²) >= 11 is 2.82. The van der Waals surface area contributed by atoms with Crippen molar-refractivity contribution < 1.29 is 9.21 Å². The molecule has 0 saturated heterocycles. The van der Waals surface area contributed by atoms with Gasteiger partial charge < -0.3 is 4.42 Å². The summed E-state index contributed by atoms with van der Waals surface area (Å²) in [7, 11) is 0. The Bertz CT molecular complexity index is 1000. The molecular weight excluding hydrogens is 386 g/mol. The zero-order chi connectivity index (χ0) is 18.8. The average molecular weight is 403 g/mol. The second-order valence-electron chi connectivity index (χ2n) is 5.84. The molecule has 1 amide bonds. The van der Waals surface area contributed by atoms with E-state index in [9.17, 15) is 9.59 Å². The third kappa shape index (κ3) is 3.50. The van der Waals surface area contributed by atoms with Crippen LogP contribution in [0.25, 0.3) is 0 Å². The van der Waals surface area contributed by atoms with Gasteiger partial charge in [0.05, 0.1) is 18.1 Å². The Morgan fingerprint density at radius 1 is 1.44 bits per heavy atom. The topological polar surface area (TPSA) is 96.5 Å². The van der Waals surface area contributed by atoms with Gasteiger partial charge in [-0.2, -0.15) is 5.10 Å². The fraction of sp³-hybridized carbons (Fsp3) is 0.294. The standard InChI is InChI=1S/C17H17N5O3S2/c1-2-21-16(24)18-19-17(21)27-10-15(23)22-12(14-6-4-8-26-14)9-11(20-22)13-5-3-7-25-13/h3-8,12H,2,9-10H2,1H3,(H,18,24). The Hall–Kier alpha value is -2.59. The van der Waals surface area contributed by atoms with E-state index in [0.717, 1.165) is 10.6 Å². The van der Waals surface area contributed by atoms with E-state index >= 15 is 0 Å². The van der Waals surface area contributed by atoms with Crippen molar-refractivity contribution in [1.29, 1.82) is 0 Å². The molecule has 1 aliphatic heterocycles. The van der Waals surface area contributed by atoms with E-state index in [0.29, 0.717) is 23.9 Å². The van der Waals surface area contributed by atoms with Crippen molar-refractivity contribution in [3.63, 3.8) is 0 Å². The first-order valence-corrected chi connectivity index (χ1v) is 10.3. The van der Waals surface area contributed by atoms with Crippen LogP contribution in [-0.4, -0.2) is 37.1 Å². The normalized spacial score (nSPS) is 16.7. The van der Waals surface area contributed by atoms with Gasteiger partial charge in [0.15, 0.2) is 5.16 Å². The number of carbonyl (C=O) groups is 1. The summed E-state index contributed by atoms with van der Waals surface area (Å²) in [5, 5.41) is 14.9. The summed E-state index contributed by atoms with van der Waals surface area (Å²) in [6.07, 6.45) is 2.20. The van der Waals surface area contributed by atoms with Crippen LogP contribution in [0.5, 0.6) is 0 Å². The number of thiophene rings is 1. The molecule has 1 N–H and O–H groups in total. The Kier molecular flexibility index (Phi) is 4.99. The van der Waals surface area contributed by atoms with Crippen LogP contribution in [0.1, 0.15) is 30.0 Å². The zero-order valence-corrected chi connectivity index (χ0v) is 16.1. The largest absolute Gasteiger partial charge is 0.463 e. The maximum absolute atomic E-state index is 12.9. The molecule has 0 aliphatic carbocycles. The lowest BCUT2D eigenvalue weighted by Gasteiger charge is -2.20. The SMILES string of the molecule is CCn1c(SCC(=O)N2N=C(c3ccco3)CC2c2cccs2)n[nH]c1=O. The molecule has 10 heteroatoms. The van der Waals surface area contributed by atoms with E-state index in [1.165, 1.54) is 21.3 Å². The molecule has 3 aromatic heterocycles. The first-order valence-electron chi connectivity index (χ1n) is 8.42. The van der Waals surface area contributed by atoms with E-state index in [1.54, 1.807) is 23.7 Å². The molecule has 1 unspecified atom stereocenters. The lowest BCUT2D eigenvalue weighted by atomic mass is 10.1. The third-order valence-corrected chi connectivity index (χ3v) is 6.14. The Balaban J connectivity index is 1.54. The van der Waals surface area contributed by atoms with Gasteiger partial charge in [0, 0.05) is 17.8 Å². The third-order valence-electron chi connectivity index (χ3n) is 4.21. The van der Waals surface area contributed by atoms with E-state index in [1.807, 2.05) is 30.5 Å². The Morgan fingerprint density at radius 2 is 2.33 bits per heavy atom. The number of thioether (sulfide) groups is 1. The van der Waals surface area contributed by atoms with Gasteiger partial charge in [-0.15, -0.1) is 16.4 Å². The average Bonchev–Trinajstić information content (AvgIpc) is 3.45. The number of carbonyl (C=O) groups excluding carboxylic acids is 1. The second kappa shape index (κ2) is 7.57. The second-order valence-corrected chi connectivity index (χ2v) is 7.76. The zero-order valence-electron chi connectivity index (χ0n) is 14.5. The van der Waals surface area contributed by atoms with Gasteiger partial charge in [-0.3, -0.25) is 9.36 Å². The fourth-order valence-electron chi connectivity index (χ4n) is 2.92. The highest BCUT2D eigenvalue weighted by molar-refractivity contribution is 7.99. The number of amides is 1. The maximum atomic E-state index is 12.9. The lowest BCUT2D eigenvalue weighted by Crippen LogP contribution is -2.28. The van der Waals surface area contributed by atoms with Gasteiger partial charge >= 0.3 is 5.69 Å². The molecule has 27 heavy (non-hydrogen) atoms. The van der Waals surface area contributed by atoms with Crippen LogP contribution in [0, 0.1) is 0 Å². The van der Waals surface area contributed by atoms with Crippen molar-refractivity contribution in [3.8, 4) is 0 Å². The van der Waals surface area contributed by atoms with Gasteiger partial charge in [-0.1, -0.05) is 17.8 Å². The van der Waals surface area contributed by atoms with E-state index in [-0.39, 0.29) is 23.4 Å². The molecule has 140 valence electrons. The van der Waals surface area contributed by atoms with Crippen LogP contribution >= 0.6 is 23.1 Å². The van der Waals surface area contributed by atoms with Crippen molar-refractivity contribution >= 4 is 34.7 Å². The minimum atomic E-state index is -0.275. The highest BCUT2D eigenvalue weighted by atomic mass is 32.2. The first-order chi connectivity index (χ1) is 13.2. The van der Waals surface area contributed by atoms with Crippen molar-refractivity contribution in [2.24, 2.45) is 5.10 Å². The number of aromatic amines is 1. The van der Waals surface area contributed by atoms with E-state index in [2.05, 4.69) is 15.3 Å². The number of aromatic nitrogens is 3. The molecule has 8 nitrogen and oxygen atoms in total. The monoisotopic (exact) mass is 403 g/mol. The van der Waals surface area contributed by atoms with Crippen LogP contribution in [0.4, 0.5) is 0 Å². The van der Waals surface area contributed by atoms with Crippen LogP contribution in [0.15, 0.2) is 55.4 Å². The highest BCUT2D eigenvalue weighted by Crippen LogP contribution is 2.35. The molecule has 0 bridgehead atoms. The molecule has 0 aromatic carbocycles. The Labute approximate surface area is 162 Å². The Morgan fingerprint density at radius 3 is 3.04 bits per heavy atom. The summed E-state index contributed by atoms with van der Waals surface area (Å²) < 4.78 is 6.95. The van der Waals surface area contributed by atoms with Crippen molar-refractivity contribution in [2.45, 2.75) is 31.1 Å². The molecule has 1 aliphatic rings. The number of nitrogens with one attached hydrogen (secondary N) is 1. The van der Waals surface area contributed by atoms with Crippen LogP contribution in [0.3, 0.4) is 0 Å². The minimum absolute atomic E-state index is 0.140. The number of hydrogen-bond acceptors (Lipinski definition) is 7. The van der Waals surface area contributed by atoms with Gasteiger partial charge in [0.2, 0.25) is 0 Å². The summed E-state index contributed by atoms with van der Waals surface area (Å²) in [5.74, 6) is 0.672. The maximum Gasteiger partial charge on any atom is 0.343 e. The number of H-pyrrole nitrogens is 1. The highest BCUT2D eigenvalue weighted by Gasteiger charge is 2.34. The predicted molar refractivity (Wildman–Crippen MR) is 103 cm³/mol. The van der Waals surface area contributed by atoms with Crippen molar-refractivity contribution in [3.05, 3.63) is 57.0 Å². The molecule has 4 heterocycles. The molecular formula is C17H17N5O3S2. The van der Waals surface area contributed by atoms with Gasteiger partial charge in [0.25, 0.3) is 5.91 Å². The molecule has 0 fully saturated rings. The first kappa shape index (κ1) is 17.8. The molecule has 0 spiro atoms. The fourth-order valence-corrected chi connectivity index (χ4v) is 4.59. The van der Waals surface area contributed by atoms with Crippen LogP contribution in [0.2, 0.25) is 0 Å². The summed E-state index contributed by atoms with van der Waals surface area (Å²) in [6, 6.07) is 7.47. The smallest absolute Gasteiger partial charge is 0.343 e. The number of furan rings is 1. The van der Waals surface area contributed by atoms with E-state index in [4.69, 9.17) is 4.42 Å². The lowest BCUT2D eigenvalue weighted by molar-refractivity contribution is -0.130. The van der Waals surface area contributed by atoms with Crippen LogP contribution in [-0.2, 0) is 11.3 Å². The van der Waals surface area contributed by atoms with Gasteiger partial charge in [-0.25, -0.2) is 14.9 Å². The molecule has 1 atom stereocenters. The number of hydrogen-bond donors (Lipinski definition) is 1.